The van der Waals surface area contributed by atoms with Crippen LogP contribution in [-0.2, 0) is 11.2 Å². The first-order valence-corrected chi connectivity index (χ1v) is 10.7. The Hall–Kier alpha value is -3.21. The summed E-state index contributed by atoms with van der Waals surface area (Å²) in [6.07, 6.45) is 5.21. The molecule has 1 atom stereocenters. The third-order valence-electron chi connectivity index (χ3n) is 6.19. The Bertz CT molecular complexity index is 962. The van der Waals surface area contributed by atoms with Crippen LogP contribution in [0.5, 0.6) is 0 Å². The van der Waals surface area contributed by atoms with Crippen LogP contribution < -0.4 is 20.9 Å². The summed E-state index contributed by atoms with van der Waals surface area (Å²) >= 11 is 0. The molecule has 5 rings (SSSR count). The van der Waals surface area contributed by atoms with Crippen LogP contribution in [0.25, 0.3) is 11.3 Å². The van der Waals surface area contributed by atoms with E-state index in [9.17, 15) is 4.79 Å². The summed E-state index contributed by atoms with van der Waals surface area (Å²) in [6, 6.07) is 0.208. The molecular weight excluding hydrogens is 398 g/mol. The van der Waals surface area contributed by atoms with Crippen molar-refractivity contribution in [3.63, 3.8) is 0 Å². The average Bonchev–Trinajstić information content (AvgIpc) is 3.46. The second-order valence-corrected chi connectivity index (χ2v) is 7.99. The van der Waals surface area contributed by atoms with Crippen LogP contribution >= 0.6 is 0 Å². The molecule has 5 heterocycles. The number of nitrogens with two attached hydrogens (primary N) is 1. The SMILES string of the molecule is CNC(=O)N1CCC(N2CCc3c(-c4cnc(N)nc4)nc(N4CCOCC4)nc32)C1. The Labute approximate surface area is 180 Å². The van der Waals surface area contributed by atoms with Crippen molar-refractivity contribution in [3.8, 4) is 11.3 Å². The average molecular weight is 425 g/mol. The number of morpholine rings is 1. The summed E-state index contributed by atoms with van der Waals surface area (Å²) in [4.78, 5) is 36.7. The van der Waals surface area contributed by atoms with Crippen LogP contribution in [0.15, 0.2) is 12.4 Å². The second-order valence-electron chi connectivity index (χ2n) is 7.99. The largest absolute Gasteiger partial charge is 0.378 e. The minimum Gasteiger partial charge on any atom is -0.378 e. The van der Waals surface area contributed by atoms with Crippen molar-refractivity contribution >= 4 is 23.7 Å². The molecule has 3 aliphatic rings. The van der Waals surface area contributed by atoms with Gasteiger partial charge in [0.05, 0.1) is 18.9 Å². The lowest BCUT2D eigenvalue weighted by Crippen LogP contribution is -2.41. The third kappa shape index (κ3) is 3.69. The molecule has 0 radical (unpaired) electrons. The number of nitrogens with one attached hydrogen (secondary N) is 1. The van der Waals surface area contributed by atoms with Gasteiger partial charge in [-0.25, -0.2) is 19.7 Å². The van der Waals surface area contributed by atoms with E-state index in [0.717, 1.165) is 61.7 Å². The number of urea groups is 1. The van der Waals surface area contributed by atoms with Gasteiger partial charge in [-0.1, -0.05) is 0 Å². The molecule has 0 bridgehead atoms. The zero-order valence-corrected chi connectivity index (χ0v) is 17.6. The van der Waals surface area contributed by atoms with Crippen LogP contribution in [0.3, 0.4) is 0 Å². The van der Waals surface area contributed by atoms with E-state index in [2.05, 4.69) is 25.1 Å². The minimum atomic E-state index is -0.0293. The van der Waals surface area contributed by atoms with Crippen LogP contribution in [-0.4, -0.2) is 89.9 Å². The zero-order chi connectivity index (χ0) is 21.4. The molecule has 3 aliphatic heterocycles. The fourth-order valence-corrected chi connectivity index (χ4v) is 4.56. The summed E-state index contributed by atoms with van der Waals surface area (Å²) in [5.74, 6) is 1.89. The number of amides is 2. The Balaban J connectivity index is 1.52. The molecular formula is C20H27N9O2. The number of nitrogens with zero attached hydrogens (tertiary/aromatic N) is 7. The van der Waals surface area contributed by atoms with Gasteiger partial charge in [0.25, 0.3) is 0 Å². The van der Waals surface area contributed by atoms with Crippen molar-refractivity contribution < 1.29 is 9.53 Å². The topological polar surface area (TPSA) is 126 Å². The van der Waals surface area contributed by atoms with E-state index in [4.69, 9.17) is 20.4 Å². The number of ether oxygens (including phenoxy) is 1. The standard InChI is InChI=1S/C20H27N9O2/c1-22-20(30)28-4-2-14(12-28)29-5-3-15-16(13-10-23-18(21)24-11-13)25-19(26-17(15)29)27-6-8-31-9-7-27/h10-11,14H,2-9,12H2,1H3,(H,22,30)(H2,21,23,24). The first kappa shape index (κ1) is 19.7. The van der Waals surface area contributed by atoms with Crippen molar-refractivity contribution in [1.29, 1.82) is 0 Å². The molecule has 2 fully saturated rings. The van der Waals surface area contributed by atoms with Gasteiger partial charge in [0.1, 0.15) is 5.82 Å². The predicted molar refractivity (Wildman–Crippen MR) is 116 cm³/mol. The first-order valence-electron chi connectivity index (χ1n) is 10.7. The van der Waals surface area contributed by atoms with Crippen molar-refractivity contribution in [1.82, 2.24) is 30.2 Å². The molecule has 11 heteroatoms. The molecule has 3 N–H and O–H groups in total. The Kier molecular flexibility index (Phi) is 5.18. The molecule has 2 aromatic heterocycles. The van der Waals surface area contributed by atoms with E-state index < -0.39 is 0 Å². The molecule has 0 spiro atoms. The van der Waals surface area contributed by atoms with Crippen molar-refractivity contribution in [2.75, 3.05) is 68.5 Å². The van der Waals surface area contributed by atoms with Crippen molar-refractivity contribution in [3.05, 3.63) is 18.0 Å². The van der Waals surface area contributed by atoms with Crippen LogP contribution in [0, 0.1) is 0 Å². The number of hydrogen-bond donors (Lipinski definition) is 2. The molecule has 164 valence electrons. The lowest BCUT2D eigenvalue weighted by atomic mass is 10.1. The highest BCUT2D eigenvalue weighted by atomic mass is 16.5. The van der Waals surface area contributed by atoms with E-state index in [1.165, 1.54) is 0 Å². The highest BCUT2D eigenvalue weighted by Gasteiger charge is 2.36. The van der Waals surface area contributed by atoms with Crippen LogP contribution in [0.1, 0.15) is 12.0 Å². The lowest BCUT2D eigenvalue weighted by Gasteiger charge is -2.30. The Morgan fingerprint density at radius 3 is 2.68 bits per heavy atom. The quantitative estimate of drug-likeness (QED) is 0.705. The van der Waals surface area contributed by atoms with E-state index >= 15 is 0 Å². The molecule has 11 nitrogen and oxygen atoms in total. The van der Waals surface area contributed by atoms with E-state index in [1.54, 1.807) is 19.4 Å². The molecule has 1 unspecified atom stereocenters. The maximum Gasteiger partial charge on any atom is 0.317 e. The summed E-state index contributed by atoms with van der Waals surface area (Å²) < 4.78 is 5.50. The van der Waals surface area contributed by atoms with Crippen molar-refractivity contribution in [2.45, 2.75) is 18.9 Å². The number of fused-ring (bicyclic) bond motifs is 1. The number of anilines is 3. The first-order chi connectivity index (χ1) is 15.1. The number of carbonyl (C=O) groups is 1. The van der Waals surface area contributed by atoms with Gasteiger partial charge in [-0.2, -0.15) is 4.98 Å². The van der Waals surface area contributed by atoms with Gasteiger partial charge < -0.3 is 30.5 Å². The smallest absolute Gasteiger partial charge is 0.317 e. The van der Waals surface area contributed by atoms with Crippen LogP contribution in [0.4, 0.5) is 22.5 Å². The normalized spacial score (nSPS) is 20.8. The highest BCUT2D eigenvalue weighted by Crippen LogP contribution is 2.37. The molecule has 0 aromatic carbocycles. The van der Waals surface area contributed by atoms with Gasteiger partial charge >= 0.3 is 6.03 Å². The summed E-state index contributed by atoms with van der Waals surface area (Å²) in [5, 5.41) is 2.72. The number of nitrogen functional groups attached to an aromatic ring is 1. The third-order valence-corrected chi connectivity index (χ3v) is 6.19. The number of likely N-dealkylation sites (tertiary alicyclic amines) is 1. The fraction of sp³-hybridized carbons (Fsp3) is 0.550. The van der Waals surface area contributed by atoms with E-state index in [0.29, 0.717) is 25.7 Å². The molecule has 2 aromatic rings. The van der Waals surface area contributed by atoms with Gasteiger partial charge in [0.2, 0.25) is 11.9 Å². The zero-order valence-electron chi connectivity index (χ0n) is 17.6. The summed E-state index contributed by atoms with van der Waals surface area (Å²) in [7, 11) is 1.67. The summed E-state index contributed by atoms with van der Waals surface area (Å²) in [5.41, 5.74) is 8.49. The number of hydrogen-bond acceptors (Lipinski definition) is 9. The number of carbonyl (C=O) groups excluding carboxylic acids is 1. The van der Waals surface area contributed by atoms with Gasteiger partial charge in [-0.3, -0.25) is 0 Å². The maximum absolute atomic E-state index is 12.1. The molecule has 0 saturated carbocycles. The monoisotopic (exact) mass is 425 g/mol. The second kappa shape index (κ2) is 8.14. The lowest BCUT2D eigenvalue weighted by molar-refractivity contribution is 0.122. The Morgan fingerprint density at radius 1 is 1.16 bits per heavy atom. The number of aromatic nitrogens is 4. The minimum absolute atomic E-state index is 0.0293. The van der Waals surface area contributed by atoms with E-state index in [1.807, 2.05) is 4.90 Å². The van der Waals surface area contributed by atoms with Gasteiger partial charge in [-0.15, -0.1) is 0 Å². The molecule has 0 aliphatic carbocycles. The fourth-order valence-electron chi connectivity index (χ4n) is 4.56. The molecule has 2 amide bonds. The van der Waals surface area contributed by atoms with Gasteiger partial charge in [0.15, 0.2) is 0 Å². The van der Waals surface area contributed by atoms with Crippen LogP contribution in [0.2, 0.25) is 0 Å². The molecule has 31 heavy (non-hydrogen) atoms. The highest BCUT2D eigenvalue weighted by molar-refractivity contribution is 5.75. The van der Waals surface area contributed by atoms with Gasteiger partial charge in [0, 0.05) is 69.3 Å². The maximum atomic E-state index is 12.1. The Morgan fingerprint density at radius 2 is 1.94 bits per heavy atom. The van der Waals surface area contributed by atoms with Crippen molar-refractivity contribution in [2.24, 2.45) is 0 Å². The summed E-state index contributed by atoms with van der Waals surface area (Å²) in [6.45, 7) is 5.12. The van der Waals surface area contributed by atoms with E-state index in [-0.39, 0.29) is 18.0 Å². The molecule has 2 saturated heterocycles. The predicted octanol–water partition coefficient (Wildman–Crippen LogP) is 0.129. The van der Waals surface area contributed by atoms with Gasteiger partial charge in [-0.05, 0) is 12.8 Å². The number of rotatable bonds is 3.